The number of ether oxygens (including phenoxy) is 1. The molecule has 1 saturated heterocycles. The number of nitrogens with zero attached hydrogens (tertiary/aromatic N) is 3. The molecular weight excluding hydrogens is 472 g/mol. The van der Waals surface area contributed by atoms with Gasteiger partial charge in [-0.05, 0) is 52.7 Å². The molecule has 0 spiro atoms. The standard InChI is InChI=1S/C20H21BrN4O4S/c1-14-2-4-17(30(27,28)25-6-8-29-9-7-25)10-18(14)20(26)22-11-16-13-24-12-15(21)3-5-19(24)23-16/h2-5,10,12-13H,6-9,11H2,1H3,(H,22,26). The maximum Gasteiger partial charge on any atom is 0.251 e. The minimum absolute atomic E-state index is 0.109. The number of sulfonamides is 1. The van der Waals surface area contributed by atoms with Gasteiger partial charge in [-0.25, -0.2) is 13.4 Å². The first kappa shape index (κ1) is 21.0. The van der Waals surface area contributed by atoms with Crippen LogP contribution < -0.4 is 5.32 Å². The average Bonchev–Trinajstić information content (AvgIpc) is 3.15. The first-order valence-corrected chi connectivity index (χ1v) is 11.7. The van der Waals surface area contributed by atoms with Gasteiger partial charge in [0, 0.05) is 35.5 Å². The molecule has 0 saturated carbocycles. The van der Waals surface area contributed by atoms with Crippen molar-refractivity contribution >= 4 is 37.5 Å². The molecule has 1 aromatic carbocycles. The fourth-order valence-corrected chi connectivity index (χ4v) is 5.10. The Labute approximate surface area is 183 Å². The molecule has 0 atom stereocenters. The van der Waals surface area contributed by atoms with E-state index in [1.54, 1.807) is 13.0 Å². The van der Waals surface area contributed by atoms with Gasteiger partial charge in [0.25, 0.3) is 5.91 Å². The number of pyridine rings is 1. The minimum atomic E-state index is -3.67. The number of hydrogen-bond acceptors (Lipinski definition) is 5. The van der Waals surface area contributed by atoms with Gasteiger partial charge in [-0.1, -0.05) is 6.07 Å². The lowest BCUT2D eigenvalue weighted by atomic mass is 10.1. The van der Waals surface area contributed by atoms with Crippen molar-refractivity contribution in [2.24, 2.45) is 0 Å². The molecule has 0 unspecified atom stereocenters. The largest absolute Gasteiger partial charge is 0.379 e. The Morgan fingerprint density at radius 1 is 1.20 bits per heavy atom. The Balaban J connectivity index is 1.52. The summed E-state index contributed by atoms with van der Waals surface area (Å²) in [4.78, 5) is 17.4. The third-order valence-corrected chi connectivity index (χ3v) is 7.32. The first-order chi connectivity index (χ1) is 14.3. The molecule has 1 fully saturated rings. The SMILES string of the molecule is Cc1ccc(S(=O)(=O)N2CCOCC2)cc1C(=O)NCc1cn2cc(Br)ccc2n1. The summed E-state index contributed by atoms with van der Waals surface area (Å²) in [7, 11) is -3.67. The van der Waals surface area contributed by atoms with Gasteiger partial charge in [0.15, 0.2) is 0 Å². The summed E-state index contributed by atoms with van der Waals surface area (Å²) in [6.45, 7) is 3.37. The number of benzene rings is 1. The smallest absolute Gasteiger partial charge is 0.251 e. The van der Waals surface area contributed by atoms with E-state index in [4.69, 9.17) is 4.74 Å². The van der Waals surface area contributed by atoms with Crippen molar-refractivity contribution < 1.29 is 17.9 Å². The molecule has 3 heterocycles. The number of nitrogens with one attached hydrogen (secondary N) is 1. The van der Waals surface area contributed by atoms with Crippen molar-refractivity contribution in [3.8, 4) is 0 Å². The Kier molecular flexibility index (Phi) is 5.92. The lowest BCUT2D eigenvalue weighted by molar-refractivity contribution is 0.0730. The van der Waals surface area contributed by atoms with E-state index in [9.17, 15) is 13.2 Å². The maximum atomic E-state index is 12.9. The number of carbonyl (C=O) groups excluding carboxylic acids is 1. The van der Waals surface area contributed by atoms with Crippen molar-refractivity contribution in [1.82, 2.24) is 19.0 Å². The summed E-state index contributed by atoms with van der Waals surface area (Å²) in [5.74, 6) is -0.343. The van der Waals surface area contributed by atoms with Crippen LogP contribution in [0.4, 0.5) is 0 Å². The molecule has 1 aliphatic rings. The second kappa shape index (κ2) is 8.46. The van der Waals surface area contributed by atoms with E-state index in [1.165, 1.54) is 16.4 Å². The van der Waals surface area contributed by atoms with Crippen LogP contribution in [0.5, 0.6) is 0 Å². The lowest BCUT2D eigenvalue weighted by Gasteiger charge is -2.26. The minimum Gasteiger partial charge on any atom is -0.379 e. The fourth-order valence-electron chi connectivity index (χ4n) is 3.31. The third kappa shape index (κ3) is 4.27. The number of hydrogen-bond donors (Lipinski definition) is 1. The predicted octanol–water partition coefficient (Wildman–Crippen LogP) is 2.36. The van der Waals surface area contributed by atoms with E-state index in [0.717, 1.165) is 10.1 Å². The summed E-state index contributed by atoms with van der Waals surface area (Å²) in [5, 5.41) is 2.83. The third-order valence-electron chi connectivity index (χ3n) is 4.96. The van der Waals surface area contributed by atoms with Gasteiger partial charge in [0.2, 0.25) is 10.0 Å². The summed E-state index contributed by atoms with van der Waals surface area (Å²) in [6, 6.07) is 8.41. The summed E-state index contributed by atoms with van der Waals surface area (Å²) >= 11 is 3.42. The predicted molar refractivity (Wildman–Crippen MR) is 115 cm³/mol. The van der Waals surface area contributed by atoms with E-state index in [-0.39, 0.29) is 17.3 Å². The van der Waals surface area contributed by atoms with Crippen LogP contribution in [0.25, 0.3) is 5.65 Å². The van der Waals surface area contributed by atoms with E-state index in [1.807, 2.05) is 28.9 Å². The zero-order valence-electron chi connectivity index (χ0n) is 16.3. The number of fused-ring (bicyclic) bond motifs is 1. The van der Waals surface area contributed by atoms with Crippen molar-refractivity contribution in [3.05, 3.63) is 64.0 Å². The van der Waals surface area contributed by atoms with E-state index in [0.29, 0.717) is 43.1 Å². The van der Waals surface area contributed by atoms with Gasteiger partial charge >= 0.3 is 0 Å². The van der Waals surface area contributed by atoms with Gasteiger partial charge in [-0.2, -0.15) is 4.31 Å². The van der Waals surface area contributed by atoms with Gasteiger partial charge in [-0.3, -0.25) is 4.79 Å². The number of imidazole rings is 1. The molecule has 0 aliphatic carbocycles. The molecule has 4 rings (SSSR count). The molecule has 1 amide bonds. The van der Waals surface area contributed by atoms with Crippen molar-refractivity contribution in [2.75, 3.05) is 26.3 Å². The number of rotatable bonds is 5. The van der Waals surface area contributed by atoms with Gasteiger partial charge in [0.1, 0.15) is 5.65 Å². The quantitative estimate of drug-likeness (QED) is 0.589. The summed E-state index contributed by atoms with van der Waals surface area (Å²) < 4.78 is 35.2. The Hall–Kier alpha value is -2.27. The lowest BCUT2D eigenvalue weighted by Crippen LogP contribution is -2.40. The van der Waals surface area contributed by atoms with Crippen LogP contribution in [0, 0.1) is 6.92 Å². The molecule has 0 bridgehead atoms. The van der Waals surface area contributed by atoms with Crippen LogP contribution >= 0.6 is 15.9 Å². The van der Waals surface area contributed by atoms with Crippen LogP contribution in [0.2, 0.25) is 0 Å². The van der Waals surface area contributed by atoms with Gasteiger partial charge in [-0.15, -0.1) is 0 Å². The second-order valence-electron chi connectivity index (χ2n) is 7.02. The maximum absolute atomic E-state index is 12.9. The van der Waals surface area contributed by atoms with Crippen molar-refractivity contribution in [3.63, 3.8) is 0 Å². The van der Waals surface area contributed by atoms with Gasteiger partial charge in [0.05, 0.1) is 30.3 Å². The molecule has 30 heavy (non-hydrogen) atoms. The first-order valence-electron chi connectivity index (χ1n) is 9.44. The average molecular weight is 493 g/mol. The number of halogens is 1. The molecule has 3 aromatic rings. The van der Waals surface area contributed by atoms with Crippen LogP contribution in [0.3, 0.4) is 0 Å². The highest BCUT2D eigenvalue weighted by Gasteiger charge is 2.27. The van der Waals surface area contributed by atoms with E-state index < -0.39 is 10.0 Å². The van der Waals surface area contributed by atoms with Crippen LogP contribution in [-0.4, -0.2) is 54.3 Å². The van der Waals surface area contributed by atoms with Crippen molar-refractivity contribution in [2.45, 2.75) is 18.4 Å². The number of aryl methyl sites for hydroxylation is 1. The van der Waals surface area contributed by atoms with Gasteiger partial charge < -0.3 is 14.5 Å². The Morgan fingerprint density at radius 3 is 2.73 bits per heavy atom. The zero-order valence-corrected chi connectivity index (χ0v) is 18.7. The number of aromatic nitrogens is 2. The number of morpholine rings is 1. The molecule has 8 nitrogen and oxygen atoms in total. The molecule has 1 N–H and O–H groups in total. The van der Waals surface area contributed by atoms with E-state index in [2.05, 4.69) is 26.2 Å². The topological polar surface area (TPSA) is 93.0 Å². The molecule has 158 valence electrons. The summed E-state index contributed by atoms with van der Waals surface area (Å²) in [5.41, 5.74) is 2.51. The van der Waals surface area contributed by atoms with Crippen LogP contribution in [0.1, 0.15) is 21.6 Å². The number of amides is 1. The van der Waals surface area contributed by atoms with E-state index >= 15 is 0 Å². The Morgan fingerprint density at radius 2 is 1.97 bits per heavy atom. The fraction of sp³-hybridized carbons (Fsp3) is 0.300. The highest BCUT2D eigenvalue weighted by Crippen LogP contribution is 2.21. The highest BCUT2D eigenvalue weighted by molar-refractivity contribution is 9.10. The monoisotopic (exact) mass is 492 g/mol. The second-order valence-corrected chi connectivity index (χ2v) is 9.87. The Bertz CT molecular complexity index is 1200. The highest BCUT2D eigenvalue weighted by atomic mass is 79.9. The zero-order chi connectivity index (χ0) is 21.3. The van der Waals surface area contributed by atoms with Crippen LogP contribution in [-0.2, 0) is 21.3 Å². The normalized spacial score (nSPS) is 15.4. The molecule has 2 aromatic heterocycles. The summed E-state index contributed by atoms with van der Waals surface area (Å²) in [6.07, 6.45) is 3.73. The number of carbonyl (C=O) groups is 1. The molecular formula is C20H21BrN4O4S. The molecule has 0 radical (unpaired) electrons. The van der Waals surface area contributed by atoms with Crippen LogP contribution in [0.15, 0.2) is 52.1 Å². The molecule has 1 aliphatic heterocycles. The molecule has 10 heteroatoms. The van der Waals surface area contributed by atoms with Crippen molar-refractivity contribution in [1.29, 1.82) is 0 Å².